The van der Waals surface area contributed by atoms with Gasteiger partial charge in [0.2, 0.25) is 0 Å². The summed E-state index contributed by atoms with van der Waals surface area (Å²) in [6.07, 6.45) is 1.44. The van der Waals surface area contributed by atoms with Crippen molar-refractivity contribution in [1.82, 2.24) is 10.4 Å². The first-order valence-electron chi connectivity index (χ1n) is 8.85. The molecule has 3 rings (SSSR count). The van der Waals surface area contributed by atoms with Crippen molar-refractivity contribution in [1.29, 1.82) is 0 Å². The van der Waals surface area contributed by atoms with Gasteiger partial charge in [0.25, 0.3) is 17.5 Å². The van der Waals surface area contributed by atoms with Crippen LogP contribution in [0.2, 0.25) is 0 Å². The Morgan fingerprint density at radius 3 is 2.43 bits per heavy atom. The van der Waals surface area contributed by atoms with Crippen LogP contribution in [-0.4, -0.2) is 27.9 Å². The van der Waals surface area contributed by atoms with Crippen LogP contribution in [0.4, 0.5) is 11.4 Å². The van der Waals surface area contributed by atoms with E-state index >= 15 is 0 Å². The second-order valence-electron chi connectivity index (χ2n) is 6.24. The predicted octanol–water partition coefficient (Wildman–Crippen LogP) is 3.31. The van der Waals surface area contributed by atoms with Crippen LogP contribution in [0.15, 0.2) is 71.8 Å². The van der Waals surface area contributed by atoms with E-state index in [0.717, 1.165) is 5.69 Å². The molecule has 0 aliphatic heterocycles. The maximum Gasteiger partial charge on any atom is 0.271 e. The summed E-state index contributed by atoms with van der Waals surface area (Å²) in [4.78, 5) is 38.9. The fourth-order valence-electron chi connectivity index (χ4n) is 2.53. The lowest BCUT2D eigenvalue weighted by Crippen LogP contribution is -2.18. The number of hydrazone groups is 1. The quantitative estimate of drug-likeness (QED) is 0.371. The number of benzene rings is 2. The van der Waals surface area contributed by atoms with Crippen LogP contribution < -0.4 is 10.7 Å². The first-order valence-corrected chi connectivity index (χ1v) is 8.85. The smallest absolute Gasteiger partial charge is 0.271 e. The molecule has 0 aliphatic rings. The molecular formula is C21H17N5O4. The lowest BCUT2D eigenvalue weighted by Gasteiger charge is -2.06. The second kappa shape index (κ2) is 9.20. The van der Waals surface area contributed by atoms with Gasteiger partial charge in [-0.2, -0.15) is 5.10 Å². The van der Waals surface area contributed by atoms with E-state index in [-0.39, 0.29) is 11.3 Å². The van der Waals surface area contributed by atoms with Crippen molar-refractivity contribution in [3.8, 4) is 0 Å². The van der Waals surface area contributed by atoms with Gasteiger partial charge >= 0.3 is 0 Å². The number of aryl methyl sites for hydroxylation is 1. The van der Waals surface area contributed by atoms with Crippen molar-refractivity contribution < 1.29 is 14.5 Å². The zero-order valence-electron chi connectivity index (χ0n) is 15.9. The summed E-state index contributed by atoms with van der Waals surface area (Å²) in [5.41, 5.74) is 4.64. The average Bonchev–Trinajstić information content (AvgIpc) is 2.74. The number of hydrogen-bond acceptors (Lipinski definition) is 6. The number of nitrogens with zero attached hydrogens (tertiary/aromatic N) is 3. The number of hydrogen-bond donors (Lipinski definition) is 2. The molecule has 2 amide bonds. The molecule has 0 bridgehead atoms. The fourth-order valence-corrected chi connectivity index (χ4v) is 2.53. The highest BCUT2D eigenvalue weighted by atomic mass is 16.6. The van der Waals surface area contributed by atoms with Crippen molar-refractivity contribution in [2.45, 2.75) is 6.92 Å². The van der Waals surface area contributed by atoms with Gasteiger partial charge < -0.3 is 5.32 Å². The number of rotatable bonds is 6. The molecule has 1 heterocycles. The topological polar surface area (TPSA) is 127 Å². The number of non-ortho nitro benzene ring substituents is 1. The largest absolute Gasteiger partial charge is 0.322 e. The lowest BCUT2D eigenvalue weighted by atomic mass is 10.1. The molecule has 9 nitrogen and oxygen atoms in total. The normalized spacial score (nSPS) is 10.6. The zero-order valence-corrected chi connectivity index (χ0v) is 15.9. The third-order valence-corrected chi connectivity index (χ3v) is 4.00. The van der Waals surface area contributed by atoms with Crippen LogP contribution >= 0.6 is 0 Å². The second-order valence-corrected chi connectivity index (χ2v) is 6.24. The molecule has 30 heavy (non-hydrogen) atoms. The Bertz CT molecular complexity index is 1130. The molecule has 0 spiro atoms. The number of carbonyl (C=O) groups is 2. The average molecular weight is 403 g/mol. The Labute approximate surface area is 171 Å². The van der Waals surface area contributed by atoms with Crippen LogP contribution in [0.3, 0.4) is 0 Å². The van der Waals surface area contributed by atoms with Gasteiger partial charge in [-0.15, -0.1) is 0 Å². The molecule has 2 aromatic carbocycles. The molecule has 0 saturated carbocycles. The van der Waals surface area contributed by atoms with E-state index in [1.54, 1.807) is 18.2 Å². The molecule has 150 valence electrons. The van der Waals surface area contributed by atoms with E-state index in [1.165, 1.54) is 42.6 Å². The summed E-state index contributed by atoms with van der Waals surface area (Å²) in [5, 5.41) is 17.3. The summed E-state index contributed by atoms with van der Waals surface area (Å²) in [6.45, 7) is 1.86. The van der Waals surface area contributed by atoms with Crippen LogP contribution in [0.25, 0.3) is 0 Å². The number of anilines is 1. The Kier molecular flexibility index (Phi) is 6.23. The van der Waals surface area contributed by atoms with Crippen molar-refractivity contribution in [3.05, 3.63) is 99.4 Å². The van der Waals surface area contributed by atoms with Gasteiger partial charge in [0.15, 0.2) is 0 Å². The minimum absolute atomic E-state index is 0.158. The van der Waals surface area contributed by atoms with Crippen molar-refractivity contribution in [3.63, 3.8) is 0 Å². The number of nitrogens with one attached hydrogen (secondary N) is 2. The Balaban J connectivity index is 1.60. The molecule has 0 aliphatic carbocycles. The molecule has 2 N–H and O–H groups in total. The first-order chi connectivity index (χ1) is 14.4. The zero-order chi connectivity index (χ0) is 21.5. The Morgan fingerprint density at radius 1 is 1.00 bits per heavy atom. The SMILES string of the molecule is Cc1cccc(/C=N/NC(=O)c2ccc(NC(=O)c3cccc([N+](=O)[O-])c3)cc2)n1. The van der Waals surface area contributed by atoms with Gasteiger partial charge in [-0.25, -0.2) is 5.43 Å². The summed E-state index contributed by atoms with van der Waals surface area (Å²) >= 11 is 0. The molecule has 3 aromatic rings. The fraction of sp³-hybridized carbons (Fsp3) is 0.0476. The molecule has 0 atom stereocenters. The van der Waals surface area contributed by atoms with Crippen LogP contribution in [0.1, 0.15) is 32.1 Å². The number of nitro groups is 1. The number of pyridine rings is 1. The maximum atomic E-state index is 12.3. The third kappa shape index (κ3) is 5.32. The number of aromatic nitrogens is 1. The first kappa shape index (κ1) is 20.3. The Morgan fingerprint density at radius 2 is 1.73 bits per heavy atom. The molecule has 0 saturated heterocycles. The van der Waals surface area contributed by atoms with E-state index in [0.29, 0.717) is 16.9 Å². The summed E-state index contributed by atoms with van der Waals surface area (Å²) in [7, 11) is 0. The summed E-state index contributed by atoms with van der Waals surface area (Å²) in [5.74, 6) is -0.915. The van der Waals surface area contributed by atoms with Crippen molar-refractivity contribution in [2.75, 3.05) is 5.32 Å². The number of carbonyl (C=O) groups excluding carboxylic acids is 2. The van der Waals surface area contributed by atoms with Crippen molar-refractivity contribution in [2.24, 2.45) is 5.10 Å². The molecule has 0 radical (unpaired) electrons. The van der Waals surface area contributed by atoms with Gasteiger partial charge in [0.05, 0.1) is 16.8 Å². The number of nitro benzene ring substituents is 1. The molecule has 0 fully saturated rings. The van der Waals surface area contributed by atoms with E-state index in [4.69, 9.17) is 0 Å². The minimum Gasteiger partial charge on any atom is -0.322 e. The maximum absolute atomic E-state index is 12.3. The van der Waals surface area contributed by atoms with E-state index in [2.05, 4.69) is 20.8 Å². The Hall–Kier alpha value is -4.40. The van der Waals surface area contributed by atoms with Gasteiger partial charge in [-0.1, -0.05) is 12.1 Å². The monoisotopic (exact) mass is 403 g/mol. The highest BCUT2D eigenvalue weighted by molar-refractivity contribution is 6.05. The predicted molar refractivity (Wildman–Crippen MR) is 112 cm³/mol. The van der Waals surface area contributed by atoms with E-state index < -0.39 is 16.7 Å². The highest BCUT2D eigenvalue weighted by Gasteiger charge is 2.12. The van der Waals surface area contributed by atoms with E-state index in [1.807, 2.05) is 19.1 Å². The molecular weight excluding hydrogens is 386 g/mol. The van der Waals surface area contributed by atoms with Gasteiger partial charge in [-0.3, -0.25) is 24.7 Å². The third-order valence-electron chi connectivity index (χ3n) is 4.00. The van der Waals surface area contributed by atoms with Gasteiger partial charge in [-0.05, 0) is 49.4 Å². The summed E-state index contributed by atoms with van der Waals surface area (Å²) in [6, 6.07) is 17.0. The minimum atomic E-state index is -0.568. The van der Waals surface area contributed by atoms with Gasteiger partial charge in [0.1, 0.15) is 0 Å². The van der Waals surface area contributed by atoms with Crippen LogP contribution in [-0.2, 0) is 0 Å². The van der Waals surface area contributed by atoms with Crippen LogP contribution in [0, 0.1) is 17.0 Å². The lowest BCUT2D eigenvalue weighted by molar-refractivity contribution is -0.384. The van der Waals surface area contributed by atoms with Gasteiger partial charge in [0, 0.05) is 34.6 Å². The summed E-state index contributed by atoms with van der Waals surface area (Å²) < 4.78 is 0. The van der Waals surface area contributed by atoms with Crippen LogP contribution in [0.5, 0.6) is 0 Å². The highest BCUT2D eigenvalue weighted by Crippen LogP contribution is 2.16. The molecule has 9 heteroatoms. The van der Waals surface area contributed by atoms with E-state index in [9.17, 15) is 19.7 Å². The van der Waals surface area contributed by atoms with Crippen molar-refractivity contribution >= 4 is 29.4 Å². The number of amides is 2. The standard InChI is InChI=1S/C21H17N5O4/c1-14-4-2-6-18(23-14)13-22-25-21(28)15-8-10-17(11-9-15)24-20(27)16-5-3-7-19(12-16)26(29)30/h2-13H,1H3,(H,24,27)(H,25,28)/b22-13+. The molecule has 1 aromatic heterocycles. The molecule has 0 unspecified atom stereocenters.